The van der Waals surface area contributed by atoms with E-state index >= 15 is 0 Å². The van der Waals surface area contributed by atoms with Gasteiger partial charge in [-0.2, -0.15) is 0 Å². The molecule has 2 heteroatoms. The molecule has 0 atom stereocenters. The lowest BCUT2D eigenvalue weighted by molar-refractivity contribution is 0.259. The first-order valence-electron chi connectivity index (χ1n) is 5.04. The van der Waals surface area contributed by atoms with Gasteiger partial charge in [0.1, 0.15) is 0 Å². The molecule has 11 heavy (non-hydrogen) atoms. The predicted molar refractivity (Wildman–Crippen MR) is 54.5 cm³/mol. The third-order valence-corrected chi connectivity index (χ3v) is 4.33. The minimum atomic E-state index is 0.568. The zero-order valence-corrected chi connectivity index (χ0v) is 8.11. The van der Waals surface area contributed by atoms with Gasteiger partial charge >= 0.3 is 0 Å². The molecule has 2 saturated carbocycles. The van der Waals surface area contributed by atoms with Gasteiger partial charge in [0.25, 0.3) is 0 Å². The van der Waals surface area contributed by atoms with Crippen LogP contribution in [0.2, 0.25) is 5.21 Å². The monoisotopic (exact) mass is 148 g/mol. The summed E-state index contributed by atoms with van der Waals surface area (Å²) in [6.45, 7) is 2.43. The molecule has 0 heterocycles. The molecule has 0 radical (unpaired) electrons. The molecule has 2 aliphatic rings. The van der Waals surface area contributed by atoms with Gasteiger partial charge in [-0.05, 0) is 43.4 Å². The summed E-state index contributed by atoms with van der Waals surface area (Å²) >= 11 is 0. The standard InChI is InChI=1S/C9H18B2/c1-8(10,11)9-4-2-7(6-9)3-5-9/h7H,2-6,10-11H2,1H3. The Morgan fingerprint density at radius 3 is 2.00 bits per heavy atom. The van der Waals surface area contributed by atoms with Gasteiger partial charge in [0, 0.05) is 0 Å². The van der Waals surface area contributed by atoms with Gasteiger partial charge in [-0.25, -0.2) is 0 Å². The second-order valence-electron chi connectivity index (χ2n) is 5.68. The number of hydrogen-bond acceptors (Lipinski definition) is 0. The van der Waals surface area contributed by atoms with Crippen molar-refractivity contribution in [3.63, 3.8) is 0 Å². The lowest BCUT2D eigenvalue weighted by atomic mass is 9.42. The van der Waals surface area contributed by atoms with Crippen LogP contribution in [0.4, 0.5) is 0 Å². The average Bonchev–Trinajstić information content (AvgIpc) is 2.42. The van der Waals surface area contributed by atoms with Crippen molar-refractivity contribution in [2.24, 2.45) is 11.3 Å². The van der Waals surface area contributed by atoms with Gasteiger partial charge in [-0.1, -0.05) is 12.1 Å². The highest BCUT2D eigenvalue weighted by atomic mass is 14.5. The van der Waals surface area contributed by atoms with Crippen LogP contribution in [0.1, 0.15) is 39.0 Å². The molecule has 0 aliphatic heterocycles. The van der Waals surface area contributed by atoms with Crippen molar-refractivity contribution in [3.8, 4) is 0 Å². The molecule has 2 rings (SSSR count). The Hall–Kier alpha value is 0.130. The molecule has 60 valence electrons. The molecule has 2 bridgehead atoms. The lowest BCUT2D eigenvalue weighted by Crippen LogP contribution is -2.31. The van der Waals surface area contributed by atoms with Crippen molar-refractivity contribution < 1.29 is 0 Å². The fourth-order valence-electron chi connectivity index (χ4n) is 3.25. The highest BCUT2D eigenvalue weighted by molar-refractivity contribution is 6.40. The molecule has 0 aromatic carbocycles. The Balaban J connectivity index is 2.23. The van der Waals surface area contributed by atoms with E-state index in [9.17, 15) is 0 Å². The van der Waals surface area contributed by atoms with E-state index < -0.39 is 0 Å². The van der Waals surface area contributed by atoms with Crippen molar-refractivity contribution in [1.82, 2.24) is 0 Å². The first kappa shape index (κ1) is 7.76. The predicted octanol–water partition coefficient (Wildman–Crippen LogP) is 0.969. The summed E-state index contributed by atoms with van der Waals surface area (Å²) in [7, 11) is 4.86. The summed E-state index contributed by atoms with van der Waals surface area (Å²) in [5.74, 6) is 1.11. The molecular weight excluding hydrogens is 130 g/mol. The van der Waals surface area contributed by atoms with E-state index in [0.29, 0.717) is 5.21 Å². The summed E-state index contributed by atoms with van der Waals surface area (Å²) in [5, 5.41) is 0.568. The third kappa shape index (κ3) is 0.981. The maximum atomic E-state index is 2.43. The molecule has 0 spiro atoms. The minimum absolute atomic E-state index is 0.568. The van der Waals surface area contributed by atoms with Gasteiger partial charge in [0.15, 0.2) is 0 Å². The second kappa shape index (κ2) is 2.08. The minimum Gasteiger partial charge on any atom is -0.0818 e. The topological polar surface area (TPSA) is 0 Å². The largest absolute Gasteiger partial charge is 0.0995 e. The van der Waals surface area contributed by atoms with Crippen molar-refractivity contribution in [1.29, 1.82) is 0 Å². The number of hydrogen-bond donors (Lipinski definition) is 0. The number of rotatable bonds is 1. The van der Waals surface area contributed by atoms with E-state index in [4.69, 9.17) is 0 Å². The van der Waals surface area contributed by atoms with Crippen molar-refractivity contribution in [3.05, 3.63) is 0 Å². The molecular formula is C9H18B2. The molecule has 0 aromatic rings. The van der Waals surface area contributed by atoms with Crippen LogP contribution >= 0.6 is 0 Å². The zero-order chi connectivity index (χ0) is 8.11. The molecule has 0 saturated heterocycles. The van der Waals surface area contributed by atoms with Gasteiger partial charge < -0.3 is 0 Å². The highest BCUT2D eigenvalue weighted by Gasteiger charge is 2.50. The summed E-state index contributed by atoms with van der Waals surface area (Å²) in [5.41, 5.74) is 0.748. The lowest BCUT2D eigenvalue weighted by Gasteiger charge is -2.41. The number of fused-ring (bicyclic) bond motifs is 2. The maximum absolute atomic E-state index is 2.43. The highest BCUT2D eigenvalue weighted by Crippen LogP contribution is 2.63. The molecule has 2 aliphatic carbocycles. The van der Waals surface area contributed by atoms with Gasteiger partial charge in [-0.15, -0.1) is 0 Å². The van der Waals surface area contributed by atoms with Gasteiger partial charge in [0.05, 0.1) is 15.7 Å². The molecule has 2 fully saturated rings. The van der Waals surface area contributed by atoms with E-state index in [1.165, 1.54) is 32.1 Å². The van der Waals surface area contributed by atoms with Gasteiger partial charge in [-0.3, -0.25) is 0 Å². The second-order valence-corrected chi connectivity index (χ2v) is 5.68. The Kier molecular flexibility index (Phi) is 1.47. The molecule has 0 nitrogen and oxygen atoms in total. The zero-order valence-electron chi connectivity index (χ0n) is 8.11. The summed E-state index contributed by atoms with van der Waals surface area (Å²) in [6, 6.07) is 0. The fourth-order valence-corrected chi connectivity index (χ4v) is 3.25. The molecule has 0 N–H and O–H groups in total. The van der Waals surface area contributed by atoms with Crippen molar-refractivity contribution in [2.75, 3.05) is 0 Å². The smallest absolute Gasteiger partial charge is 0.0818 e. The quantitative estimate of drug-likeness (QED) is 0.486. The van der Waals surface area contributed by atoms with Crippen LogP contribution in [0.5, 0.6) is 0 Å². The first-order chi connectivity index (χ1) is 5.04. The third-order valence-electron chi connectivity index (χ3n) is 4.33. The van der Waals surface area contributed by atoms with E-state index in [1.807, 2.05) is 0 Å². The Labute approximate surface area is 72.0 Å². The van der Waals surface area contributed by atoms with Crippen molar-refractivity contribution >= 4 is 15.7 Å². The van der Waals surface area contributed by atoms with Crippen molar-refractivity contribution in [2.45, 2.75) is 44.2 Å². The van der Waals surface area contributed by atoms with Crippen LogP contribution in [0.15, 0.2) is 0 Å². The Morgan fingerprint density at radius 2 is 1.82 bits per heavy atom. The fraction of sp³-hybridized carbons (Fsp3) is 1.00. The normalized spacial score (nSPS) is 43.2. The summed E-state index contributed by atoms with van der Waals surface area (Å²) in [6.07, 6.45) is 7.62. The maximum Gasteiger partial charge on any atom is 0.0995 e. The van der Waals surface area contributed by atoms with E-state index in [2.05, 4.69) is 22.6 Å². The average molecular weight is 148 g/mol. The van der Waals surface area contributed by atoms with Gasteiger partial charge in [0.2, 0.25) is 0 Å². The molecule has 0 aromatic heterocycles. The van der Waals surface area contributed by atoms with E-state index in [0.717, 1.165) is 11.3 Å². The van der Waals surface area contributed by atoms with E-state index in [-0.39, 0.29) is 0 Å². The first-order valence-corrected chi connectivity index (χ1v) is 5.04. The Bertz CT molecular complexity index is 161. The van der Waals surface area contributed by atoms with Crippen LogP contribution in [-0.2, 0) is 0 Å². The van der Waals surface area contributed by atoms with Crippen LogP contribution < -0.4 is 0 Å². The summed E-state index contributed by atoms with van der Waals surface area (Å²) in [4.78, 5) is 0. The van der Waals surface area contributed by atoms with Crippen LogP contribution in [0, 0.1) is 11.3 Å². The Morgan fingerprint density at radius 1 is 1.27 bits per heavy atom. The SMILES string of the molecule is BC(B)(C)C12CCC(CC1)C2. The molecule has 0 unspecified atom stereocenters. The van der Waals surface area contributed by atoms with E-state index in [1.54, 1.807) is 0 Å². The van der Waals surface area contributed by atoms with Crippen LogP contribution in [-0.4, -0.2) is 15.7 Å². The van der Waals surface area contributed by atoms with Crippen LogP contribution in [0.25, 0.3) is 0 Å². The molecule has 0 amide bonds. The van der Waals surface area contributed by atoms with Crippen LogP contribution in [0.3, 0.4) is 0 Å². The summed E-state index contributed by atoms with van der Waals surface area (Å²) < 4.78 is 0.